The standard InChI is InChI=1S/C18H21N3O6S/c1-5-25-18(22)13(3)20-21-16-9-8-14(10-17(16)27-28(4,23)24)26-15-7-6-12(2)19-11-15/h6-11,13H,5H2,1-4H3. The van der Waals surface area contributed by atoms with Gasteiger partial charge in [0.05, 0.1) is 19.1 Å². The van der Waals surface area contributed by atoms with E-state index < -0.39 is 22.1 Å². The summed E-state index contributed by atoms with van der Waals surface area (Å²) in [5, 5.41) is 7.77. The van der Waals surface area contributed by atoms with Crippen molar-refractivity contribution in [3.63, 3.8) is 0 Å². The second-order valence-corrected chi connectivity index (χ2v) is 7.37. The lowest BCUT2D eigenvalue weighted by Crippen LogP contribution is -2.17. The third kappa shape index (κ3) is 6.62. The highest BCUT2D eigenvalue weighted by Gasteiger charge is 2.15. The average Bonchev–Trinajstić information content (AvgIpc) is 2.61. The van der Waals surface area contributed by atoms with E-state index in [2.05, 4.69) is 15.2 Å². The van der Waals surface area contributed by atoms with Crippen molar-refractivity contribution in [1.29, 1.82) is 0 Å². The van der Waals surface area contributed by atoms with E-state index in [0.717, 1.165) is 11.9 Å². The molecule has 9 nitrogen and oxygen atoms in total. The highest BCUT2D eigenvalue weighted by Crippen LogP contribution is 2.35. The minimum Gasteiger partial charge on any atom is -0.464 e. The number of esters is 1. The van der Waals surface area contributed by atoms with E-state index >= 15 is 0 Å². The van der Waals surface area contributed by atoms with Gasteiger partial charge in [0.2, 0.25) is 0 Å². The summed E-state index contributed by atoms with van der Waals surface area (Å²) in [7, 11) is -3.82. The summed E-state index contributed by atoms with van der Waals surface area (Å²) in [6.07, 6.45) is 2.45. The third-order valence-electron chi connectivity index (χ3n) is 3.26. The summed E-state index contributed by atoms with van der Waals surface area (Å²) in [5.41, 5.74) is 0.955. The second kappa shape index (κ2) is 9.27. The number of nitrogens with zero attached hydrogens (tertiary/aromatic N) is 3. The lowest BCUT2D eigenvalue weighted by molar-refractivity contribution is -0.144. The Bertz CT molecular complexity index is 958. The number of benzene rings is 1. The second-order valence-electron chi connectivity index (χ2n) is 5.80. The molecule has 1 atom stereocenters. The Hall–Kier alpha value is -3.01. The van der Waals surface area contributed by atoms with Gasteiger partial charge >= 0.3 is 16.1 Å². The van der Waals surface area contributed by atoms with E-state index in [-0.39, 0.29) is 18.0 Å². The molecule has 1 aromatic heterocycles. The van der Waals surface area contributed by atoms with Crippen LogP contribution in [0.25, 0.3) is 0 Å². The molecule has 0 fully saturated rings. The van der Waals surface area contributed by atoms with Gasteiger partial charge in [0.1, 0.15) is 17.2 Å². The first-order chi connectivity index (χ1) is 13.2. The molecule has 0 aliphatic rings. The number of rotatable bonds is 8. The lowest BCUT2D eigenvalue weighted by Gasteiger charge is -2.10. The van der Waals surface area contributed by atoms with Crippen molar-refractivity contribution >= 4 is 21.8 Å². The largest absolute Gasteiger partial charge is 0.464 e. The minimum atomic E-state index is -3.82. The van der Waals surface area contributed by atoms with Gasteiger partial charge in [-0.3, -0.25) is 4.98 Å². The van der Waals surface area contributed by atoms with Crippen molar-refractivity contribution in [2.24, 2.45) is 10.2 Å². The quantitative estimate of drug-likeness (QED) is 0.373. The molecule has 0 N–H and O–H groups in total. The average molecular weight is 407 g/mol. The van der Waals surface area contributed by atoms with Gasteiger partial charge in [0.25, 0.3) is 0 Å². The number of azo groups is 1. The maximum atomic E-state index is 11.6. The Morgan fingerprint density at radius 2 is 1.93 bits per heavy atom. The summed E-state index contributed by atoms with van der Waals surface area (Å²) in [6.45, 7) is 5.27. The maximum absolute atomic E-state index is 11.6. The highest BCUT2D eigenvalue weighted by molar-refractivity contribution is 7.86. The number of hydrogen-bond donors (Lipinski definition) is 0. The molecule has 0 amide bonds. The first-order valence-electron chi connectivity index (χ1n) is 8.39. The zero-order valence-electron chi connectivity index (χ0n) is 15.9. The molecule has 0 aliphatic carbocycles. The summed E-state index contributed by atoms with van der Waals surface area (Å²) >= 11 is 0. The van der Waals surface area contributed by atoms with E-state index in [1.165, 1.54) is 19.1 Å². The minimum absolute atomic E-state index is 0.0834. The number of carbonyl (C=O) groups is 1. The van der Waals surface area contributed by atoms with Crippen LogP contribution < -0.4 is 8.92 Å². The molecule has 0 bridgehead atoms. The van der Waals surface area contributed by atoms with Crippen LogP contribution in [0.4, 0.5) is 5.69 Å². The Balaban J connectivity index is 2.29. The Morgan fingerprint density at radius 1 is 1.21 bits per heavy atom. The smallest absolute Gasteiger partial charge is 0.332 e. The summed E-state index contributed by atoms with van der Waals surface area (Å²) in [6, 6.07) is 7.07. The van der Waals surface area contributed by atoms with Crippen LogP contribution in [0.15, 0.2) is 46.8 Å². The van der Waals surface area contributed by atoms with Crippen LogP contribution in [-0.4, -0.2) is 38.3 Å². The van der Waals surface area contributed by atoms with Gasteiger partial charge in [-0.2, -0.15) is 18.6 Å². The maximum Gasteiger partial charge on any atom is 0.332 e. The molecule has 1 aromatic carbocycles. The van der Waals surface area contributed by atoms with Gasteiger partial charge in [0, 0.05) is 11.8 Å². The summed E-state index contributed by atoms with van der Waals surface area (Å²) in [4.78, 5) is 15.8. The zero-order valence-corrected chi connectivity index (χ0v) is 16.8. The molecule has 2 aromatic rings. The SMILES string of the molecule is CCOC(=O)C(C)N=Nc1ccc(Oc2ccc(C)nc2)cc1OS(C)(=O)=O. The molecule has 150 valence electrons. The molecule has 1 unspecified atom stereocenters. The number of carbonyl (C=O) groups excluding carboxylic acids is 1. The number of aromatic nitrogens is 1. The van der Waals surface area contributed by atoms with Crippen LogP contribution in [0.1, 0.15) is 19.5 Å². The van der Waals surface area contributed by atoms with E-state index in [0.29, 0.717) is 11.5 Å². The summed E-state index contributed by atoms with van der Waals surface area (Å²) < 4.78 is 38.6. The highest BCUT2D eigenvalue weighted by atomic mass is 32.2. The molecule has 0 radical (unpaired) electrons. The van der Waals surface area contributed by atoms with Crippen molar-refractivity contribution in [2.45, 2.75) is 26.8 Å². The van der Waals surface area contributed by atoms with Crippen LogP contribution in [-0.2, 0) is 19.6 Å². The van der Waals surface area contributed by atoms with Crippen LogP contribution in [0.3, 0.4) is 0 Å². The fraction of sp³-hybridized carbons (Fsp3) is 0.333. The van der Waals surface area contributed by atoms with Gasteiger partial charge < -0.3 is 13.7 Å². The molecule has 28 heavy (non-hydrogen) atoms. The van der Waals surface area contributed by atoms with Crippen molar-refractivity contribution in [3.05, 3.63) is 42.2 Å². The van der Waals surface area contributed by atoms with Gasteiger partial charge in [-0.15, -0.1) is 0 Å². The Morgan fingerprint density at radius 3 is 2.54 bits per heavy atom. The number of ether oxygens (including phenoxy) is 2. The van der Waals surface area contributed by atoms with Crippen LogP contribution in [0.2, 0.25) is 0 Å². The molecule has 10 heteroatoms. The molecule has 0 spiro atoms. The molecule has 0 saturated heterocycles. The van der Waals surface area contributed by atoms with Crippen molar-refractivity contribution < 1.29 is 26.9 Å². The van der Waals surface area contributed by atoms with Crippen LogP contribution in [0.5, 0.6) is 17.2 Å². The molecule has 1 heterocycles. The van der Waals surface area contributed by atoms with Crippen LogP contribution >= 0.6 is 0 Å². The Labute approximate surface area is 163 Å². The Kier molecular flexibility index (Phi) is 7.05. The van der Waals surface area contributed by atoms with Crippen molar-refractivity contribution in [3.8, 4) is 17.2 Å². The van der Waals surface area contributed by atoms with Gasteiger partial charge in [-0.25, -0.2) is 4.79 Å². The fourth-order valence-corrected chi connectivity index (χ4v) is 2.44. The van der Waals surface area contributed by atoms with Gasteiger partial charge in [-0.1, -0.05) is 0 Å². The van der Waals surface area contributed by atoms with Crippen LogP contribution in [0, 0.1) is 6.92 Å². The monoisotopic (exact) mass is 407 g/mol. The van der Waals surface area contributed by atoms with E-state index in [9.17, 15) is 13.2 Å². The molecule has 2 rings (SSSR count). The molecule has 0 aliphatic heterocycles. The molecule has 0 saturated carbocycles. The van der Waals surface area contributed by atoms with E-state index in [1.54, 1.807) is 31.3 Å². The first kappa shape index (κ1) is 21.3. The van der Waals surface area contributed by atoms with E-state index in [4.69, 9.17) is 13.7 Å². The third-order valence-corrected chi connectivity index (χ3v) is 3.74. The van der Waals surface area contributed by atoms with Gasteiger partial charge in [0.15, 0.2) is 11.8 Å². The topological polar surface area (TPSA) is 117 Å². The number of aryl methyl sites for hydroxylation is 1. The molecular weight excluding hydrogens is 386 g/mol. The van der Waals surface area contributed by atoms with Crippen molar-refractivity contribution in [2.75, 3.05) is 12.9 Å². The number of hydrogen-bond acceptors (Lipinski definition) is 9. The van der Waals surface area contributed by atoms with Gasteiger partial charge in [-0.05, 0) is 45.0 Å². The predicted octanol–water partition coefficient (Wildman–Crippen LogP) is 3.56. The number of pyridine rings is 1. The first-order valence-corrected chi connectivity index (χ1v) is 10.2. The lowest BCUT2D eigenvalue weighted by atomic mass is 10.3. The predicted molar refractivity (Wildman–Crippen MR) is 102 cm³/mol. The fourth-order valence-electron chi connectivity index (χ4n) is 1.98. The molecular formula is C18H21N3O6S. The van der Waals surface area contributed by atoms with Crippen molar-refractivity contribution in [1.82, 2.24) is 4.98 Å². The van der Waals surface area contributed by atoms with E-state index in [1.807, 2.05) is 6.92 Å². The zero-order chi connectivity index (χ0) is 20.7. The normalized spacial score (nSPS) is 12.6. The summed E-state index contributed by atoms with van der Waals surface area (Å²) in [5.74, 6) is 0.173.